The van der Waals surface area contributed by atoms with Crippen LogP contribution in [0.25, 0.3) is 0 Å². The number of rotatable bonds is 4. The molecule has 0 spiro atoms. The Labute approximate surface area is 98.6 Å². The SMILES string of the molecule is COc1c(N)ncnc1NCc1ccn(C)n1. The molecular weight excluding hydrogens is 220 g/mol. The van der Waals surface area contributed by atoms with Crippen LogP contribution >= 0.6 is 0 Å². The molecule has 3 N–H and O–H groups in total. The average molecular weight is 234 g/mol. The van der Waals surface area contributed by atoms with Crippen molar-refractivity contribution in [3.63, 3.8) is 0 Å². The number of aromatic nitrogens is 4. The second kappa shape index (κ2) is 4.69. The smallest absolute Gasteiger partial charge is 0.203 e. The molecule has 0 saturated heterocycles. The van der Waals surface area contributed by atoms with Crippen molar-refractivity contribution in [3.8, 4) is 5.75 Å². The van der Waals surface area contributed by atoms with E-state index in [0.717, 1.165) is 5.69 Å². The van der Waals surface area contributed by atoms with Crippen LogP contribution in [0.1, 0.15) is 5.69 Å². The Kier molecular flexibility index (Phi) is 3.08. The predicted molar refractivity (Wildman–Crippen MR) is 63.5 cm³/mol. The Morgan fingerprint density at radius 1 is 1.47 bits per heavy atom. The fourth-order valence-corrected chi connectivity index (χ4v) is 1.45. The fraction of sp³-hybridized carbons (Fsp3) is 0.300. The molecule has 90 valence electrons. The molecule has 2 heterocycles. The van der Waals surface area contributed by atoms with Gasteiger partial charge < -0.3 is 15.8 Å². The molecule has 0 amide bonds. The molecule has 7 heteroatoms. The number of anilines is 2. The summed E-state index contributed by atoms with van der Waals surface area (Å²) in [5.41, 5.74) is 6.58. The lowest BCUT2D eigenvalue weighted by Gasteiger charge is -2.09. The van der Waals surface area contributed by atoms with Crippen molar-refractivity contribution >= 4 is 11.6 Å². The zero-order valence-electron chi connectivity index (χ0n) is 9.71. The van der Waals surface area contributed by atoms with E-state index in [1.165, 1.54) is 13.4 Å². The summed E-state index contributed by atoms with van der Waals surface area (Å²) in [6.07, 6.45) is 3.27. The standard InChI is InChI=1S/C10H14N6O/c1-16-4-3-7(15-16)5-12-10-8(17-2)9(11)13-6-14-10/h3-4,6H,5H2,1-2H3,(H3,11,12,13,14). The van der Waals surface area contributed by atoms with Crippen LogP contribution in [0.3, 0.4) is 0 Å². The maximum absolute atomic E-state index is 5.67. The zero-order valence-corrected chi connectivity index (χ0v) is 9.71. The van der Waals surface area contributed by atoms with E-state index in [-0.39, 0.29) is 0 Å². The van der Waals surface area contributed by atoms with Gasteiger partial charge in [-0.3, -0.25) is 4.68 Å². The third-order valence-corrected chi connectivity index (χ3v) is 2.24. The Bertz CT molecular complexity index is 509. The molecule has 0 atom stereocenters. The van der Waals surface area contributed by atoms with Gasteiger partial charge in [-0.05, 0) is 6.07 Å². The maximum atomic E-state index is 5.67. The van der Waals surface area contributed by atoms with E-state index in [0.29, 0.717) is 23.9 Å². The molecular formula is C10H14N6O. The van der Waals surface area contributed by atoms with Crippen LogP contribution < -0.4 is 15.8 Å². The fourth-order valence-electron chi connectivity index (χ4n) is 1.45. The summed E-state index contributed by atoms with van der Waals surface area (Å²) in [5.74, 6) is 1.32. The van der Waals surface area contributed by atoms with Crippen molar-refractivity contribution in [3.05, 3.63) is 24.3 Å². The second-order valence-electron chi connectivity index (χ2n) is 3.48. The summed E-state index contributed by atoms with van der Waals surface area (Å²) in [6.45, 7) is 0.549. The van der Waals surface area contributed by atoms with Gasteiger partial charge in [-0.15, -0.1) is 0 Å². The first-order valence-corrected chi connectivity index (χ1v) is 5.07. The molecule has 0 saturated carbocycles. The Hall–Kier alpha value is -2.31. The Morgan fingerprint density at radius 2 is 2.29 bits per heavy atom. The normalized spacial score (nSPS) is 10.2. The van der Waals surface area contributed by atoms with Gasteiger partial charge in [0.2, 0.25) is 5.75 Å². The number of nitrogens with two attached hydrogens (primary N) is 1. The first-order chi connectivity index (χ1) is 8.20. The Morgan fingerprint density at radius 3 is 2.94 bits per heavy atom. The van der Waals surface area contributed by atoms with Crippen LogP contribution in [0.2, 0.25) is 0 Å². The molecule has 0 aromatic carbocycles. The molecule has 2 aromatic rings. The topological polar surface area (TPSA) is 90.9 Å². The van der Waals surface area contributed by atoms with Gasteiger partial charge in [-0.25, -0.2) is 9.97 Å². The highest BCUT2D eigenvalue weighted by Crippen LogP contribution is 2.26. The number of aryl methyl sites for hydroxylation is 1. The highest BCUT2D eigenvalue weighted by Gasteiger charge is 2.09. The third-order valence-electron chi connectivity index (χ3n) is 2.24. The monoisotopic (exact) mass is 234 g/mol. The molecule has 2 aromatic heterocycles. The van der Waals surface area contributed by atoms with Gasteiger partial charge in [0.1, 0.15) is 6.33 Å². The summed E-state index contributed by atoms with van der Waals surface area (Å²) < 4.78 is 6.87. The number of nitrogens with one attached hydrogen (secondary N) is 1. The van der Waals surface area contributed by atoms with Gasteiger partial charge in [-0.2, -0.15) is 5.10 Å². The lowest BCUT2D eigenvalue weighted by atomic mass is 10.4. The van der Waals surface area contributed by atoms with Gasteiger partial charge in [0, 0.05) is 13.2 Å². The number of hydrogen-bond acceptors (Lipinski definition) is 6. The molecule has 17 heavy (non-hydrogen) atoms. The van der Waals surface area contributed by atoms with E-state index in [1.807, 2.05) is 19.3 Å². The summed E-state index contributed by atoms with van der Waals surface area (Å²) in [5, 5.41) is 7.35. The zero-order chi connectivity index (χ0) is 12.3. The second-order valence-corrected chi connectivity index (χ2v) is 3.48. The molecule has 0 unspecified atom stereocenters. The number of hydrogen-bond donors (Lipinski definition) is 2. The lowest BCUT2D eigenvalue weighted by molar-refractivity contribution is 0.415. The van der Waals surface area contributed by atoms with Crippen molar-refractivity contribution in [2.24, 2.45) is 7.05 Å². The first-order valence-electron chi connectivity index (χ1n) is 5.07. The van der Waals surface area contributed by atoms with Crippen LogP contribution in [0.4, 0.5) is 11.6 Å². The van der Waals surface area contributed by atoms with Crippen molar-refractivity contribution in [1.29, 1.82) is 0 Å². The summed E-state index contributed by atoms with van der Waals surface area (Å²) >= 11 is 0. The molecule has 0 radical (unpaired) electrons. The molecule has 0 aliphatic carbocycles. The van der Waals surface area contributed by atoms with Crippen LogP contribution in [-0.4, -0.2) is 26.9 Å². The number of nitrogen functional groups attached to an aromatic ring is 1. The average Bonchev–Trinajstić information content (AvgIpc) is 2.72. The first kappa shape index (κ1) is 11.2. The van der Waals surface area contributed by atoms with E-state index in [4.69, 9.17) is 10.5 Å². The van der Waals surface area contributed by atoms with E-state index in [9.17, 15) is 0 Å². The van der Waals surface area contributed by atoms with E-state index in [1.54, 1.807) is 4.68 Å². The number of nitrogens with zero attached hydrogens (tertiary/aromatic N) is 4. The van der Waals surface area contributed by atoms with Crippen molar-refractivity contribution in [2.45, 2.75) is 6.54 Å². The van der Waals surface area contributed by atoms with Crippen LogP contribution in [0.5, 0.6) is 5.75 Å². The maximum Gasteiger partial charge on any atom is 0.203 e. The molecule has 0 aliphatic heterocycles. The van der Waals surface area contributed by atoms with Gasteiger partial charge in [0.05, 0.1) is 19.3 Å². The highest BCUT2D eigenvalue weighted by molar-refractivity contribution is 5.61. The van der Waals surface area contributed by atoms with Crippen molar-refractivity contribution in [1.82, 2.24) is 19.7 Å². The van der Waals surface area contributed by atoms with Crippen LogP contribution in [0.15, 0.2) is 18.6 Å². The van der Waals surface area contributed by atoms with E-state index in [2.05, 4.69) is 20.4 Å². The molecule has 0 aliphatic rings. The number of ether oxygens (including phenoxy) is 1. The molecule has 7 nitrogen and oxygen atoms in total. The Balaban J connectivity index is 2.11. The van der Waals surface area contributed by atoms with Crippen LogP contribution in [0, 0.1) is 0 Å². The summed E-state index contributed by atoms with van der Waals surface area (Å²) in [4.78, 5) is 7.92. The molecule has 2 rings (SSSR count). The summed E-state index contributed by atoms with van der Waals surface area (Å²) in [6, 6.07) is 1.92. The summed E-state index contributed by atoms with van der Waals surface area (Å²) in [7, 11) is 3.40. The third kappa shape index (κ3) is 2.44. The molecule has 0 bridgehead atoms. The van der Waals surface area contributed by atoms with Gasteiger partial charge in [0.15, 0.2) is 11.6 Å². The van der Waals surface area contributed by atoms with E-state index < -0.39 is 0 Å². The van der Waals surface area contributed by atoms with E-state index >= 15 is 0 Å². The minimum absolute atomic E-state index is 0.311. The number of methoxy groups -OCH3 is 1. The van der Waals surface area contributed by atoms with Gasteiger partial charge in [0.25, 0.3) is 0 Å². The quantitative estimate of drug-likeness (QED) is 0.796. The van der Waals surface area contributed by atoms with Gasteiger partial charge >= 0.3 is 0 Å². The predicted octanol–water partition coefficient (Wildman–Crippen LogP) is 0.413. The molecule has 0 fully saturated rings. The van der Waals surface area contributed by atoms with Crippen molar-refractivity contribution < 1.29 is 4.74 Å². The minimum Gasteiger partial charge on any atom is -0.490 e. The van der Waals surface area contributed by atoms with Crippen molar-refractivity contribution in [2.75, 3.05) is 18.2 Å². The lowest BCUT2D eigenvalue weighted by Crippen LogP contribution is -2.07. The van der Waals surface area contributed by atoms with Crippen LogP contribution in [-0.2, 0) is 13.6 Å². The minimum atomic E-state index is 0.311. The highest BCUT2D eigenvalue weighted by atomic mass is 16.5. The van der Waals surface area contributed by atoms with Gasteiger partial charge in [-0.1, -0.05) is 0 Å². The largest absolute Gasteiger partial charge is 0.490 e.